The van der Waals surface area contributed by atoms with Gasteiger partial charge in [0.15, 0.2) is 0 Å². The molecule has 0 saturated heterocycles. The number of aliphatic hydroxyl groups is 1. The molecule has 26 heavy (non-hydrogen) atoms. The van der Waals surface area contributed by atoms with Crippen LogP contribution in [0.1, 0.15) is 85.5 Å². The van der Waals surface area contributed by atoms with E-state index >= 15 is 0 Å². The number of hydrogen-bond donors (Lipinski definition) is 1. The van der Waals surface area contributed by atoms with Gasteiger partial charge in [-0.05, 0) is 105 Å². The molecule has 0 amide bonds. The predicted molar refractivity (Wildman–Crippen MR) is 104 cm³/mol. The van der Waals surface area contributed by atoms with Crippen molar-refractivity contribution in [2.24, 2.45) is 52.3 Å². The van der Waals surface area contributed by atoms with Crippen molar-refractivity contribution in [3.8, 4) is 0 Å². The minimum atomic E-state index is -0.304. The van der Waals surface area contributed by atoms with Gasteiger partial charge in [-0.1, -0.05) is 27.2 Å². The van der Waals surface area contributed by atoms with Gasteiger partial charge in [0.2, 0.25) is 0 Å². The van der Waals surface area contributed by atoms with E-state index in [4.69, 9.17) is 0 Å². The number of ketones is 1. The van der Waals surface area contributed by atoms with Crippen LogP contribution in [0.25, 0.3) is 0 Å². The molecule has 0 aromatic heterocycles. The van der Waals surface area contributed by atoms with Crippen LogP contribution >= 0.6 is 0 Å². The highest BCUT2D eigenvalue weighted by Gasteiger charge is 2.73. The van der Waals surface area contributed by atoms with Crippen molar-refractivity contribution in [1.82, 2.24) is 0 Å². The fraction of sp³-hybridized carbons (Fsp3) is 0.958. The van der Waals surface area contributed by atoms with Crippen molar-refractivity contribution in [1.29, 1.82) is 0 Å². The number of rotatable bonds is 2. The van der Waals surface area contributed by atoms with Crippen molar-refractivity contribution in [2.75, 3.05) is 0 Å². The maximum atomic E-state index is 12.3. The highest BCUT2D eigenvalue weighted by atomic mass is 16.3. The van der Waals surface area contributed by atoms with Crippen molar-refractivity contribution >= 4 is 5.78 Å². The molecule has 5 rings (SSSR count). The van der Waals surface area contributed by atoms with Crippen LogP contribution in [-0.2, 0) is 4.79 Å². The molecule has 0 heterocycles. The van der Waals surface area contributed by atoms with Gasteiger partial charge < -0.3 is 5.11 Å². The van der Waals surface area contributed by atoms with Gasteiger partial charge in [-0.15, -0.1) is 0 Å². The monoisotopic (exact) mass is 358 g/mol. The maximum Gasteiger partial charge on any atom is 0.133 e. The third-order valence-electron chi connectivity index (χ3n) is 10.9. The highest BCUT2D eigenvalue weighted by Crippen LogP contribution is 2.74. The Labute approximate surface area is 159 Å². The Morgan fingerprint density at radius 1 is 0.923 bits per heavy atom. The zero-order chi connectivity index (χ0) is 18.5. The van der Waals surface area contributed by atoms with Gasteiger partial charge >= 0.3 is 0 Å². The van der Waals surface area contributed by atoms with Crippen LogP contribution < -0.4 is 0 Å². The second kappa shape index (κ2) is 5.37. The molecule has 2 unspecified atom stereocenters. The van der Waals surface area contributed by atoms with Crippen molar-refractivity contribution < 1.29 is 9.90 Å². The molecule has 2 heteroatoms. The van der Waals surface area contributed by atoms with Gasteiger partial charge in [0.25, 0.3) is 0 Å². The van der Waals surface area contributed by atoms with Crippen LogP contribution in [0.3, 0.4) is 0 Å². The molecule has 0 aliphatic heterocycles. The third kappa shape index (κ3) is 1.96. The molecule has 10 atom stereocenters. The van der Waals surface area contributed by atoms with E-state index < -0.39 is 0 Å². The summed E-state index contributed by atoms with van der Waals surface area (Å²) in [5.74, 6) is 5.14. The summed E-state index contributed by atoms with van der Waals surface area (Å²) in [6.07, 6.45) is 11.1. The lowest BCUT2D eigenvalue weighted by molar-refractivity contribution is -0.139. The molecule has 0 aromatic rings. The van der Waals surface area contributed by atoms with E-state index in [1.807, 2.05) is 6.92 Å². The molecular formula is C24H38O2. The van der Waals surface area contributed by atoms with Crippen LogP contribution in [0.5, 0.6) is 0 Å². The molecule has 5 aliphatic rings. The number of fused-ring (bicyclic) bond motifs is 7. The number of carbonyl (C=O) groups excluding carboxylic acids is 1. The lowest BCUT2D eigenvalue weighted by Crippen LogP contribution is -2.54. The minimum absolute atomic E-state index is 0.275. The number of hydrogen-bond acceptors (Lipinski definition) is 2. The first-order chi connectivity index (χ1) is 12.3. The molecule has 146 valence electrons. The summed E-state index contributed by atoms with van der Waals surface area (Å²) in [5.41, 5.74) is 0.415. The molecule has 2 nitrogen and oxygen atoms in total. The van der Waals surface area contributed by atoms with Gasteiger partial charge in [-0.3, -0.25) is 4.79 Å². The Bertz CT molecular complexity index is 628. The Kier molecular flexibility index (Phi) is 3.65. The zero-order valence-corrected chi connectivity index (χ0v) is 17.3. The normalized spacial score (nSPS) is 60.4. The minimum Gasteiger partial charge on any atom is -0.389 e. The van der Waals surface area contributed by atoms with Gasteiger partial charge in [-0.25, -0.2) is 0 Å². The second-order valence-electron chi connectivity index (χ2n) is 11.4. The SMILES string of the molecule is CCC1C2[C@H]3CC[C@@H]4[C@H](CC[C@]5(C)[C@@H](C(C)=O)CC[C@@H]45)[C@@]3(C)CC[C@]12O. The van der Waals surface area contributed by atoms with Crippen LogP contribution in [0, 0.1) is 52.3 Å². The Balaban J connectivity index is 1.44. The summed E-state index contributed by atoms with van der Waals surface area (Å²) >= 11 is 0. The first-order valence-corrected chi connectivity index (χ1v) is 11.5. The van der Waals surface area contributed by atoms with E-state index in [2.05, 4.69) is 20.8 Å². The smallest absolute Gasteiger partial charge is 0.133 e. The van der Waals surface area contributed by atoms with Crippen molar-refractivity contribution in [3.63, 3.8) is 0 Å². The Morgan fingerprint density at radius 2 is 1.62 bits per heavy atom. The molecule has 0 bridgehead atoms. The van der Waals surface area contributed by atoms with Crippen LogP contribution in [0.4, 0.5) is 0 Å². The highest BCUT2D eigenvalue weighted by molar-refractivity contribution is 5.79. The largest absolute Gasteiger partial charge is 0.389 e. The van der Waals surface area contributed by atoms with E-state index in [1.54, 1.807) is 0 Å². The van der Waals surface area contributed by atoms with Gasteiger partial charge in [0, 0.05) is 5.92 Å². The van der Waals surface area contributed by atoms with Crippen LogP contribution in [0.2, 0.25) is 0 Å². The molecule has 5 fully saturated rings. The maximum absolute atomic E-state index is 12.3. The summed E-state index contributed by atoms with van der Waals surface area (Å²) in [7, 11) is 0. The van der Waals surface area contributed by atoms with E-state index in [9.17, 15) is 9.90 Å². The fourth-order valence-corrected chi connectivity index (χ4v) is 9.71. The number of Topliss-reactive ketones (excluding diaryl/α,β-unsaturated/α-hetero) is 1. The first kappa shape index (κ1) is 17.7. The van der Waals surface area contributed by atoms with E-state index in [0.29, 0.717) is 29.0 Å². The summed E-state index contributed by atoms with van der Waals surface area (Å²) < 4.78 is 0. The lowest BCUT2D eigenvalue weighted by Gasteiger charge is -2.60. The Morgan fingerprint density at radius 3 is 2.31 bits per heavy atom. The van der Waals surface area contributed by atoms with E-state index in [-0.39, 0.29) is 11.0 Å². The van der Waals surface area contributed by atoms with E-state index in [1.165, 1.54) is 38.5 Å². The molecule has 5 saturated carbocycles. The molecule has 1 N–H and O–H groups in total. The molecule has 5 aliphatic carbocycles. The van der Waals surface area contributed by atoms with Crippen LogP contribution in [-0.4, -0.2) is 16.5 Å². The summed E-state index contributed by atoms with van der Waals surface area (Å²) in [4.78, 5) is 12.3. The van der Waals surface area contributed by atoms with Gasteiger partial charge in [0.1, 0.15) is 5.78 Å². The average Bonchev–Trinajstić information content (AvgIpc) is 3.03. The Hall–Kier alpha value is -0.370. The molecular weight excluding hydrogens is 320 g/mol. The number of carbonyl (C=O) groups is 1. The van der Waals surface area contributed by atoms with Crippen molar-refractivity contribution in [3.05, 3.63) is 0 Å². The summed E-state index contributed by atoms with van der Waals surface area (Å²) in [6, 6.07) is 0. The van der Waals surface area contributed by atoms with Crippen LogP contribution in [0.15, 0.2) is 0 Å². The van der Waals surface area contributed by atoms with E-state index in [0.717, 1.165) is 42.9 Å². The summed E-state index contributed by atoms with van der Waals surface area (Å²) in [5, 5.41) is 11.1. The standard InChI is InChI=1S/C24H38O2/c1-5-16-21-20-7-6-15-18-9-8-17(14(2)25)22(18,3)11-10-19(15)23(20,4)12-13-24(16,21)26/h15-21,26H,5-13H2,1-4H3/t15-,16?,17+,18-,19-,20+,21?,22+,23+,24-/m0/s1. The molecule has 0 aromatic carbocycles. The quantitative estimate of drug-likeness (QED) is 0.734. The second-order valence-corrected chi connectivity index (χ2v) is 11.4. The lowest BCUT2D eigenvalue weighted by atomic mass is 9.44. The van der Waals surface area contributed by atoms with Crippen molar-refractivity contribution in [2.45, 2.75) is 91.1 Å². The van der Waals surface area contributed by atoms with Gasteiger partial charge in [0.05, 0.1) is 5.60 Å². The summed E-state index contributed by atoms with van der Waals surface area (Å²) in [6.45, 7) is 9.16. The molecule has 0 radical (unpaired) electrons. The third-order valence-corrected chi connectivity index (χ3v) is 10.9. The molecule has 0 spiro atoms. The topological polar surface area (TPSA) is 37.3 Å². The van der Waals surface area contributed by atoms with Gasteiger partial charge in [-0.2, -0.15) is 0 Å². The first-order valence-electron chi connectivity index (χ1n) is 11.5. The zero-order valence-electron chi connectivity index (χ0n) is 17.3. The fourth-order valence-electron chi connectivity index (χ4n) is 9.71. The average molecular weight is 359 g/mol. The predicted octanol–water partition coefficient (Wildman–Crippen LogP) is 5.23.